The quantitative estimate of drug-likeness (QED) is 0.533. The van der Waals surface area contributed by atoms with E-state index < -0.39 is 46.5 Å². The fraction of sp³-hybridized carbons (Fsp3) is 0.105. The van der Waals surface area contributed by atoms with Crippen molar-refractivity contribution in [2.75, 3.05) is 5.32 Å². The molecule has 0 saturated heterocycles. The number of hydrogen-bond acceptors (Lipinski definition) is 4. The number of anilines is 1. The molecule has 0 bridgehead atoms. The average Bonchev–Trinajstić information content (AvgIpc) is 3.08. The van der Waals surface area contributed by atoms with Gasteiger partial charge in [0.25, 0.3) is 5.91 Å². The van der Waals surface area contributed by atoms with E-state index in [0.29, 0.717) is 11.3 Å². The third kappa shape index (κ3) is 4.15. The van der Waals surface area contributed by atoms with Crippen molar-refractivity contribution < 1.29 is 36.6 Å². The second-order valence-corrected chi connectivity index (χ2v) is 7.09. The molecule has 0 radical (unpaired) electrons. The predicted molar refractivity (Wildman–Crippen MR) is 98.6 cm³/mol. The molecule has 0 fully saturated rings. The number of rotatable bonds is 4. The van der Waals surface area contributed by atoms with Crippen molar-refractivity contribution in [3.05, 3.63) is 70.4 Å². The molecule has 0 unspecified atom stereocenters. The standard InChI is InChI=1S/C19H11F5N2O3S/c1-8-5-6-11(20)12(13(8)21)16(27)26-18-25-14(17(28)29)15(30-18)9-3-2-4-10(7-9)19(22,23)24/h2-7H,1H3,(H,28,29)(H,25,26,27). The first-order valence-corrected chi connectivity index (χ1v) is 8.98. The van der Waals surface area contributed by atoms with Gasteiger partial charge >= 0.3 is 12.1 Å². The summed E-state index contributed by atoms with van der Waals surface area (Å²) in [5, 5.41) is 11.1. The van der Waals surface area contributed by atoms with Crippen LogP contribution < -0.4 is 5.32 Å². The number of halogens is 5. The lowest BCUT2D eigenvalue weighted by molar-refractivity contribution is -0.137. The highest BCUT2D eigenvalue weighted by Crippen LogP contribution is 2.37. The van der Waals surface area contributed by atoms with Crippen molar-refractivity contribution >= 4 is 28.3 Å². The highest BCUT2D eigenvalue weighted by molar-refractivity contribution is 7.19. The van der Waals surface area contributed by atoms with Gasteiger partial charge in [-0.15, -0.1) is 0 Å². The van der Waals surface area contributed by atoms with E-state index in [1.807, 2.05) is 0 Å². The van der Waals surface area contributed by atoms with Crippen LogP contribution in [0.2, 0.25) is 0 Å². The summed E-state index contributed by atoms with van der Waals surface area (Å²) in [6.45, 7) is 1.32. The number of thiazole rings is 1. The van der Waals surface area contributed by atoms with E-state index in [2.05, 4.69) is 10.3 Å². The molecule has 0 atom stereocenters. The predicted octanol–water partition coefficient (Wildman–Crippen LogP) is 5.37. The van der Waals surface area contributed by atoms with Gasteiger partial charge in [0.15, 0.2) is 10.8 Å². The van der Waals surface area contributed by atoms with Crippen molar-refractivity contribution in [1.82, 2.24) is 4.98 Å². The fourth-order valence-corrected chi connectivity index (χ4v) is 3.52. The van der Waals surface area contributed by atoms with Crippen molar-refractivity contribution in [3.8, 4) is 10.4 Å². The maximum atomic E-state index is 14.1. The zero-order chi connectivity index (χ0) is 22.2. The van der Waals surface area contributed by atoms with Gasteiger partial charge < -0.3 is 5.11 Å². The summed E-state index contributed by atoms with van der Waals surface area (Å²) in [4.78, 5) is 27.3. The van der Waals surface area contributed by atoms with Gasteiger partial charge in [-0.2, -0.15) is 13.2 Å². The van der Waals surface area contributed by atoms with E-state index >= 15 is 0 Å². The maximum Gasteiger partial charge on any atom is 0.416 e. The number of nitrogens with zero attached hydrogens (tertiary/aromatic N) is 1. The van der Waals surface area contributed by atoms with Gasteiger partial charge in [-0.3, -0.25) is 10.1 Å². The molecule has 1 amide bonds. The molecule has 3 rings (SSSR count). The molecule has 5 nitrogen and oxygen atoms in total. The van der Waals surface area contributed by atoms with Gasteiger partial charge in [-0.1, -0.05) is 29.5 Å². The van der Waals surface area contributed by atoms with Crippen molar-refractivity contribution in [1.29, 1.82) is 0 Å². The van der Waals surface area contributed by atoms with E-state index in [1.165, 1.54) is 13.0 Å². The summed E-state index contributed by atoms with van der Waals surface area (Å²) in [5.74, 6) is -4.99. The van der Waals surface area contributed by atoms with E-state index in [0.717, 1.165) is 30.3 Å². The number of nitrogens with one attached hydrogen (secondary N) is 1. The lowest BCUT2D eigenvalue weighted by Crippen LogP contribution is -2.16. The SMILES string of the molecule is Cc1ccc(F)c(C(=O)Nc2nc(C(=O)O)c(-c3cccc(C(F)(F)F)c3)s2)c1F. The number of hydrogen-bond donors (Lipinski definition) is 2. The van der Waals surface area contributed by atoms with Crippen LogP contribution in [0.3, 0.4) is 0 Å². The molecule has 1 aromatic heterocycles. The molecule has 0 aliphatic rings. The van der Waals surface area contributed by atoms with Crippen LogP contribution in [0.4, 0.5) is 27.1 Å². The number of aromatic carboxylic acids is 1. The fourth-order valence-electron chi connectivity index (χ4n) is 2.58. The molecule has 156 valence electrons. The Balaban J connectivity index is 2.01. The van der Waals surface area contributed by atoms with Crippen LogP contribution in [0.5, 0.6) is 0 Å². The maximum absolute atomic E-state index is 14.1. The molecular weight excluding hydrogens is 431 g/mol. The Kier molecular flexibility index (Phi) is 5.57. The lowest BCUT2D eigenvalue weighted by Gasteiger charge is -2.08. The molecule has 0 saturated carbocycles. The van der Waals surface area contributed by atoms with E-state index in [9.17, 15) is 36.6 Å². The summed E-state index contributed by atoms with van der Waals surface area (Å²) in [6, 6.07) is 5.94. The van der Waals surface area contributed by atoms with E-state index in [4.69, 9.17) is 0 Å². The Hall–Kier alpha value is -3.34. The third-order valence-electron chi connectivity index (χ3n) is 4.01. The number of alkyl halides is 3. The Morgan fingerprint density at radius 3 is 2.47 bits per heavy atom. The zero-order valence-electron chi connectivity index (χ0n) is 15.0. The molecule has 3 aromatic rings. The smallest absolute Gasteiger partial charge is 0.416 e. The zero-order valence-corrected chi connectivity index (χ0v) is 15.8. The minimum Gasteiger partial charge on any atom is -0.476 e. The van der Waals surface area contributed by atoms with Gasteiger partial charge in [0.1, 0.15) is 17.2 Å². The Morgan fingerprint density at radius 1 is 1.13 bits per heavy atom. The second kappa shape index (κ2) is 7.82. The number of carbonyl (C=O) groups is 2. The van der Waals surface area contributed by atoms with Crippen LogP contribution in [0.1, 0.15) is 32.0 Å². The number of benzene rings is 2. The van der Waals surface area contributed by atoms with Crippen molar-refractivity contribution in [2.45, 2.75) is 13.1 Å². The van der Waals surface area contributed by atoms with Crippen LogP contribution >= 0.6 is 11.3 Å². The van der Waals surface area contributed by atoms with Crippen LogP contribution in [-0.4, -0.2) is 22.0 Å². The Labute approximate surface area is 169 Å². The molecule has 0 aliphatic heterocycles. The number of aryl methyl sites for hydroxylation is 1. The number of carbonyl (C=O) groups excluding carboxylic acids is 1. The van der Waals surface area contributed by atoms with Gasteiger partial charge in [0.2, 0.25) is 0 Å². The van der Waals surface area contributed by atoms with Gasteiger partial charge in [-0.25, -0.2) is 18.6 Å². The lowest BCUT2D eigenvalue weighted by atomic mass is 10.1. The topological polar surface area (TPSA) is 79.3 Å². The summed E-state index contributed by atoms with van der Waals surface area (Å²) in [5.41, 5.74) is -2.58. The molecule has 1 heterocycles. The molecule has 2 N–H and O–H groups in total. The normalized spacial score (nSPS) is 11.4. The highest BCUT2D eigenvalue weighted by Gasteiger charge is 2.31. The monoisotopic (exact) mass is 442 g/mol. The summed E-state index contributed by atoms with van der Waals surface area (Å²) in [7, 11) is 0. The van der Waals surface area contributed by atoms with Crippen LogP contribution in [0.25, 0.3) is 10.4 Å². The van der Waals surface area contributed by atoms with E-state index in [-0.39, 0.29) is 21.1 Å². The van der Waals surface area contributed by atoms with Crippen LogP contribution in [-0.2, 0) is 6.18 Å². The first-order valence-electron chi connectivity index (χ1n) is 8.16. The Morgan fingerprint density at radius 2 is 1.83 bits per heavy atom. The molecule has 0 aliphatic carbocycles. The molecule has 2 aromatic carbocycles. The number of carboxylic acid groups (broad SMARTS) is 1. The first-order chi connectivity index (χ1) is 14.0. The summed E-state index contributed by atoms with van der Waals surface area (Å²) in [6.07, 6.45) is -4.65. The average molecular weight is 442 g/mol. The minimum absolute atomic E-state index is 0.0107. The van der Waals surface area contributed by atoms with E-state index in [1.54, 1.807) is 0 Å². The minimum atomic E-state index is -4.65. The summed E-state index contributed by atoms with van der Waals surface area (Å²) >= 11 is 0.563. The molecule has 30 heavy (non-hydrogen) atoms. The van der Waals surface area contributed by atoms with Gasteiger partial charge in [-0.05, 0) is 36.2 Å². The van der Waals surface area contributed by atoms with Gasteiger partial charge in [0, 0.05) is 0 Å². The summed E-state index contributed by atoms with van der Waals surface area (Å²) < 4.78 is 66.9. The highest BCUT2D eigenvalue weighted by atomic mass is 32.1. The number of carboxylic acids is 1. The second-order valence-electron chi connectivity index (χ2n) is 6.09. The third-order valence-corrected chi connectivity index (χ3v) is 5.03. The molecule has 0 spiro atoms. The van der Waals surface area contributed by atoms with Crippen molar-refractivity contribution in [2.24, 2.45) is 0 Å². The van der Waals surface area contributed by atoms with Crippen molar-refractivity contribution in [3.63, 3.8) is 0 Å². The Bertz CT molecular complexity index is 1160. The van der Waals surface area contributed by atoms with Crippen LogP contribution in [0, 0.1) is 18.6 Å². The molecule has 11 heteroatoms. The number of aromatic nitrogens is 1. The number of amides is 1. The largest absolute Gasteiger partial charge is 0.476 e. The van der Waals surface area contributed by atoms with Gasteiger partial charge in [0.05, 0.1) is 10.4 Å². The first kappa shape index (κ1) is 21.4. The molecular formula is C19H11F5N2O3S. The van der Waals surface area contributed by atoms with Crippen LogP contribution in [0.15, 0.2) is 36.4 Å².